The Morgan fingerprint density at radius 1 is 1.12 bits per heavy atom. The van der Waals surface area contributed by atoms with E-state index in [0.717, 1.165) is 25.1 Å². The molecule has 0 unspecified atom stereocenters. The second-order valence-electron chi connectivity index (χ2n) is 9.49. The lowest BCUT2D eigenvalue weighted by atomic mass is 9.89. The summed E-state index contributed by atoms with van der Waals surface area (Å²) in [6, 6.07) is 3.99. The van der Waals surface area contributed by atoms with E-state index in [0.29, 0.717) is 19.0 Å². The number of nitrogens with zero attached hydrogens (tertiary/aromatic N) is 2. The minimum absolute atomic E-state index is 0.0971. The van der Waals surface area contributed by atoms with Crippen molar-refractivity contribution < 1.29 is 36.6 Å². The number of pyridine rings is 3. The lowest BCUT2D eigenvalue weighted by Crippen LogP contribution is -2.47. The number of aliphatic hydroxyl groups excluding tert-OH is 1. The van der Waals surface area contributed by atoms with Gasteiger partial charge in [-0.1, -0.05) is 0 Å². The number of carbonyl (C=O) groups is 1. The third-order valence-corrected chi connectivity index (χ3v) is 6.78. The van der Waals surface area contributed by atoms with Gasteiger partial charge in [0.1, 0.15) is 11.4 Å². The molecule has 3 N–H and O–H groups in total. The van der Waals surface area contributed by atoms with E-state index < -0.39 is 46.7 Å². The summed E-state index contributed by atoms with van der Waals surface area (Å²) in [5.41, 5.74) is -2.87. The van der Waals surface area contributed by atoms with Crippen LogP contribution >= 0.6 is 0 Å². The maximum Gasteiger partial charge on any atom is 0.418 e. The number of carbonyl (C=O) groups excluding carboxylic acids is 1. The Labute approximate surface area is 222 Å². The summed E-state index contributed by atoms with van der Waals surface area (Å²) < 4.78 is 74.8. The third kappa shape index (κ3) is 4.88. The molecule has 3 aromatic heterocycles. The van der Waals surface area contributed by atoms with Crippen LogP contribution in [-0.4, -0.2) is 38.1 Å². The van der Waals surface area contributed by atoms with Crippen LogP contribution in [0.3, 0.4) is 0 Å². The molecular formula is C27H21F5N4O4. The molecule has 0 aliphatic heterocycles. The summed E-state index contributed by atoms with van der Waals surface area (Å²) in [7, 11) is 0. The molecule has 40 heavy (non-hydrogen) atoms. The van der Waals surface area contributed by atoms with E-state index >= 15 is 0 Å². The van der Waals surface area contributed by atoms with Crippen LogP contribution in [0.15, 0.2) is 41.5 Å². The Morgan fingerprint density at radius 2 is 1.85 bits per heavy atom. The molecule has 1 amide bonds. The van der Waals surface area contributed by atoms with Gasteiger partial charge in [-0.2, -0.15) is 13.2 Å². The fourth-order valence-electron chi connectivity index (χ4n) is 4.58. The molecule has 13 heteroatoms. The highest BCUT2D eigenvalue weighted by molar-refractivity contribution is 6.04. The smallest absolute Gasteiger partial charge is 0.418 e. The first-order valence-corrected chi connectivity index (χ1v) is 12.1. The zero-order valence-corrected chi connectivity index (χ0v) is 21.0. The van der Waals surface area contributed by atoms with Crippen molar-refractivity contribution >= 4 is 16.8 Å². The van der Waals surface area contributed by atoms with Crippen LogP contribution in [0.5, 0.6) is 11.6 Å². The van der Waals surface area contributed by atoms with Crippen molar-refractivity contribution in [2.75, 3.05) is 0 Å². The third-order valence-electron chi connectivity index (χ3n) is 6.78. The molecule has 4 aromatic rings. The average molecular weight is 560 g/mol. The highest BCUT2D eigenvalue weighted by atomic mass is 19.4. The standard InChI is InChI=1S/C27H21F5N4O4/c1-11-15(27(30,31)32)10-34-26(40-20-4-3-16(28)23(29)12(20)2)21(11)18-9-19(38)22-17(36-18)5-6-33-24(22)25(39)35-13-7-14(37)8-13/h3-6,9-10,13-14,37H,7-8H2,1-2H3,(H,35,39)(H,36,38). The van der Waals surface area contributed by atoms with Gasteiger partial charge in [-0.3, -0.25) is 14.6 Å². The lowest BCUT2D eigenvalue weighted by molar-refractivity contribution is -0.138. The number of benzene rings is 1. The first-order chi connectivity index (χ1) is 18.8. The highest BCUT2D eigenvalue weighted by Gasteiger charge is 2.36. The number of aromatic amines is 1. The molecular weight excluding hydrogens is 539 g/mol. The van der Waals surface area contributed by atoms with E-state index in [1.165, 1.54) is 19.2 Å². The molecule has 1 aliphatic carbocycles. The fourth-order valence-corrected chi connectivity index (χ4v) is 4.58. The van der Waals surface area contributed by atoms with Crippen molar-refractivity contribution in [2.24, 2.45) is 0 Å². The van der Waals surface area contributed by atoms with Gasteiger partial charge in [0.25, 0.3) is 5.91 Å². The monoisotopic (exact) mass is 560 g/mol. The van der Waals surface area contributed by atoms with Gasteiger partial charge in [-0.25, -0.2) is 13.8 Å². The van der Waals surface area contributed by atoms with Gasteiger partial charge in [0.15, 0.2) is 17.1 Å². The first-order valence-electron chi connectivity index (χ1n) is 12.1. The predicted octanol–water partition coefficient (Wildman–Crippen LogP) is 4.94. The van der Waals surface area contributed by atoms with Gasteiger partial charge in [0, 0.05) is 30.1 Å². The number of aromatic nitrogens is 3. The number of alkyl halides is 3. The van der Waals surface area contributed by atoms with Crippen molar-refractivity contribution in [1.82, 2.24) is 20.3 Å². The molecule has 1 aliphatic rings. The van der Waals surface area contributed by atoms with E-state index in [-0.39, 0.29) is 50.8 Å². The lowest BCUT2D eigenvalue weighted by Gasteiger charge is -2.31. The molecule has 1 fully saturated rings. The SMILES string of the molecule is Cc1c(Oc2ncc(C(F)(F)F)c(C)c2-c2cc(=O)c3c(C(=O)NC4CC(O)C4)nccc3[nH]2)ccc(F)c1F. The quantitative estimate of drug-likeness (QED) is 0.298. The number of nitrogens with one attached hydrogen (secondary N) is 2. The van der Waals surface area contributed by atoms with E-state index in [9.17, 15) is 36.6 Å². The van der Waals surface area contributed by atoms with Gasteiger partial charge < -0.3 is 20.1 Å². The Kier molecular flexibility index (Phi) is 6.78. The van der Waals surface area contributed by atoms with E-state index in [1.807, 2.05) is 0 Å². The maximum absolute atomic E-state index is 14.1. The topological polar surface area (TPSA) is 117 Å². The van der Waals surface area contributed by atoms with Crippen molar-refractivity contribution in [3.05, 3.63) is 80.9 Å². The summed E-state index contributed by atoms with van der Waals surface area (Å²) in [5, 5.41) is 12.1. The predicted molar refractivity (Wildman–Crippen MR) is 133 cm³/mol. The number of amides is 1. The second-order valence-corrected chi connectivity index (χ2v) is 9.49. The number of ether oxygens (including phenoxy) is 1. The van der Waals surface area contributed by atoms with Crippen LogP contribution in [0, 0.1) is 25.5 Å². The van der Waals surface area contributed by atoms with Crippen LogP contribution in [0.25, 0.3) is 22.2 Å². The molecule has 1 aromatic carbocycles. The molecule has 5 rings (SSSR count). The van der Waals surface area contributed by atoms with Crippen molar-refractivity contribution in [3.8, 4) is 22.9 Å². The summed E-state index contributed by atoms with van der Waals surface area (Å²) >= 11 is 0. The van der Waals surface area contributed by atoms with E-state index in [4.69, 9.17) is 4.74 Å². The van der Waals surface area contributed by atoms with Crippen molar-refractivity contribution in [1.29, 1.82) is 0 Å². The van der Waals surface area contributed by atoms with Crippen molar-refractivity contribution in [2.45, 2.75) is 45.0 Å². The van der Waals surface area contributed by atoms with Crippen molar-refractivity contribution in [3.63, 3.8) is 0 Å². The average Bonchev–Trinajstić information content (AvgIpc) is 2.87. The fraction of sp³-hybridized carbons (Fsp3) is 0.259. The number of halogens is 5. The number of fused-ring (bicyclic) bond motifs is 1. The van der Waals surface area contributed by atoms with E-state index in [1.54, 1.807) is 0 Å². The second kappa shape index (κ2) is 9.97. The Bertz CT molecular complexity index is 1710. The Balaban J connectivity index is 1.65. The molecule has 0 bridgehead atoms. The Morgan fingerprint density at radius 3 is 2.52 bits per heavy atom. The zero-order chi connectivity index (χ0) is 28.9. The van der Waals surface area contributed by atoms with Gasteiger partial charge in [-0.15, -0.1) is 0 Å². The normalized spacial score (nSPS) is 17.0. The van der Waals surface area contributed by atoms with Crippen LogP contribution < -0.4 is 15.5 Å². The largest absolute Gasteiger partial charge is 0.438 e. The molecule has 0 spiro atoms. The summed E-state index contributed by atoms with van der Waals surface area (Å²) in [5.74, 6) is -3.57. The van der Waals surface area contributed by atoms with E-state index in [2.05, 4.69) is 20.3 Å². The number of hydrogen-bond donors (Lipinski definition) is 3. The van der Waals surface area contributed by atoms with Crippen LogP contribution in [0.4, 0.5) is 22.0 Å². The molecule has 208 valence electrons. The molecule has 3 heterocycles. The van der Waals surface area contributed by atoms with Gasteiger partial charge in [-0.05, 0) is 50.5 Å². The molecule has 0 radical (unpaired) electrons. The first kappa shape index (κ1) is 27.2. The number of hydrogen-bond acceptors (Lipinski definition) is 6. The zero-order valence-electron chi connectivity index (χ0n) is 21.0. The summed E-state index contributed by atoms with van der Waals surface area (Å²) in [6.45, 7) is 2.39. The number of aliphatic hydroxyl groups is 1. The molecule has 0 saturated heterocycles. The number of rotatable bonds is 5. The van der Waals surface area contributed by atoms with Crippen LogP contribution in [0.2, 0.25) is 0 Å². The number of H-pyrrole nitrogens is 1. The summed E-state index contributed by atoms with van der Waals surface area (Å²) in [4.78, 5) is 36.8. The van der Waals surface area contributed by atoms with Gasteiger partial charge >= 0.3 is 6.18 Å². The Hall–Kier alpha value is -4.39. The summed E-state index contributed by atoms with van der Waals surface area (Å²) in [6.07, 6.45) is -2.80. The van der Waals surface area contributed by atoms with Gasteiger partial charge in [0.05, 0.1) is 33.8 Å². The molecule has 1 saturated carbocycles. The molecule has 8 nitrogen and oxygen atoms in total. The van der Waals surface area contributed by atoms with Crippen LogP contribution in [-0.2, 0) is 6.18 Å². The maximum atomic E-state index is 14.1. The molecule has 0 atom stereocenters. The van der Waals surface area contributed by atoms with Gasteiger partial charge in [0.2, 0.25) is 5.88 Å². The van der Waals surface area contributed by atoms with Crippen LogP contribution in [0.1, 0.15) is 40.0 Å². The highest BCUT2D eigenvalue weighted by Crippen LogP contribution is 2.41. The minimum atomic E-state index is -4.80. The minimum Gasteiger partial charge on any atom is -0.438 e.